The van der Waals surface area contributed by atoms with Crippen LogP contribution in [-0.4, -0.2) is 16.2 Å². The fraction of sp³-hybridized carbons (Fsp3) is 0.200. The van der Waals surface area contributed by atoms with Crippen molar-refractivity contribution in [2.75, 3.05) is 11.6 Å². The number of hydrogen-bond acceptors (Lipinski definition) is 6. The van der Waals surface area contributed by atoms with Crippen LogP contribution in [0.5, 0.6) is 0 Å². The van der Waals surface area contributed by atoms with Gasteiger partial charge in [-0.3, -0.25) is 0 Å². The maximum Gasteiger partial charge on any atom is 0.189 e. The molecule has 22 heavy (non-hydrogen) atoms. The highest BCUT2D eigenvalue weighted by atomic mass is 32.2. The summed E-state index contributed by atoms with van der Waals surface area (Å²) >= 11 is 1.33. The zero-order valence-electron chi connectivity index (χ0n) is 11.7. The van der Waals surface area contributed by atoms with Gasteiger partial charge in [0.2, 0.25) is 0 Å². The first-order valence-electron chi connectivity index (χ1n) is 6.36. The zero-order chi connectivity index (χ0) is 15.9. The molecule has 1 aromatic carbocycles. The van der Waals surface area contributed by atoms with E-state index in [0.29, 0.717) is 23.2 Å². The fourth-order valence-electron chi connectivity index (χ4n) is 1.73. The first-order valence-corrected chi connectivity index (χ1v) is 7.59. The van der Waals surface area contributed by atoms with Crippen molar-refractivity contribution in [3.8, 4) is 12.1 Å². The Morgan fingerprint density at radius 3 is 2.50 bits per heavy atom. The number of hydrogen-bond donors (Lipinski definition) is 1. The second kappa shape index (κ2) is 7.39. The molecule has 0 amide bonds. The first kappa shape index (κ1) is 15.7. The van der Waals surface area contributed by atoms with Crippen LogP contribution in [0.3, 0.4) is 0 Å². The molecule has 1 heterocycles. The minimum Gasteiger partial charge on any atom is -0.366 e. The van der Waals surface area contributed by atoms with Gasteiger partial charge in [0, 0.05) is 12.6 Å². The molecular weight excluding hydrogens is 301 g/mol. The molecule has 0 aliphatic rings. The van der Waals surface area contributed by atoms with E-state index in [-0.39, 0.29) is 5.82 Å². The largest absolute Gasteiger partial charge is 0.366 e. The standard InChI is InChI=1S/C15H12FN5S/c1-22-15-20-13(11(7-17)8-18)6-14(21-15)19-9-10-2-4-12(16)5-3-10/h2-6,11H,9H2,1H3,(H,19,20,21). The highest BCUT2D eigenvalue weighted by molar-refractivity contribution is 7.98. The molecule has 0 unspecified atom stereocenters. The molecule has 2 aromatic rings. The molecule has 1 aromatic heterocycles. The highest BCUT2D eigenvalue weighted by Crippen LogP contribution is 2.20. The van der Waals surface area contributed by atoms with Crippen molar-refractivity contribution in [1.82, 2.24) is 9.97 Å². The number of nitrogens with zero attached hydrogens (tertiary/aromatic N) is 4. The molecule has 7 heteroatoms. The van der Waals surface area contributed by atoms with Gasteiger partial charge >= 0.3 is 0 Å². The van der Waals surface area contributed by atoms with Gasteiger partial charge in [-0.1, -0.05) is 23.9 Å². The van der Waals surface area contributed by atoms with Crippen molar-refractivity contribution in [2.45, 2.75) is 17.6 Å². The molecule has 0 aliphatic heterocycles. The van der Waals surface area contributed by atoms with E-state index in [1.165, 1.54) is 23.9 Å². The molecule has 0 aliphatic carbocycles. The Hall–Kier alpha value is -2.64. The molecule has 0 atom stereocenters. The average Bonchev–Trinajstić information content (AvgIpc) is 2.55. The van der Waals surface area contributed by atoms with Gasteiger partial charge in [0.05, 0.1) is 17.8 Å². The van der Waals surface area contributed by atoms with E-state index in [9.17, 15) is 4.39 Å². The SMILES string of the molecule is CSc1nc(NCc2ccc(F)cc2)cc(C(C#N)C#N)n1. The van der Waals surface area contributed by atoms with E-state index in [4.69, 9.17) is 10.5 Å². The van der Waals surface area contributed by atoms with Gasteiger partial charge in [-0.2, -0.15) is 10.5 Å². The lowest BCUT2D eigenvalue weighted by Crippen LogP contribution is -2.06. The Morgan fingerprint density at radius 1 is 1.23 bits per heavy atom. The van der Waals surface area contributed by atoms with Crippen LogP contribution in [0, 0.1) is 28.5 Å². The summed E-state index contributed by atoms with van der Waals surface area (Å²) in [5.41, 5.74) is 1.26. The van der Waals surface area contributed by atoms with Crippen molar-refractivity contribution >= 4 is 17.6 Å². The van der Waals surface area contributed by atoms with E-state index in [1.807, 2.05) is 18.4 Å². The molecule has 0 radical (unpaired) electrons. The Balaban J connectivity index is 2.20. The summed E-state index contributed by atoms with van der Waals surface area (Å²) in [5.74, 6) is -0.696. The third-order valence-electron chi connectivity index (χ3n) is 2.85. The van der Waals surface area contributed by atoms with Gasteiger partial charge in [0.15, 0.2) is 11.1 Å². The van der Waals surface area contributed by atoms with Crippen LogP contribution in [0.25, 0.3) is 0 Å². The minimum atomic E-state index is -0.930. The van der Waals surface area contributed by atoms with Gasteiger partial charge in [-0.15, -0.1) is 0 Å². The summed E-state index contributed by atoms with van der Waals surface area (Å²) in [7, 11) is 0. The van der Waals surface area contributed by atoms with E-state index >= 15 is 0 Å². The van der Waals surface area contributed by atoms with E-state index in [2.05, 4.69) is 15.3 Å². The highest BCUT2D eigenvalue weighted by Gasteiger charge is 2.14. The van der Waals surface area contributed by atoms with Crippen LogP contribution in [-0.2, 0) is 6.54 Å². The topological polar surface area (TPSA) is 85.4 Å². The monoisotopic (exact) mass is 313 g/mol. The number of anilines is 1. The summed E-state index contributed by atoms with van der Waals surface area (Å²) < 4.78 is 12.9. The quantitative estimate of drug-likeness (QED) is 0.674. The third-order valence-corrected chi connectivity index (χ3v) is 3.40. The van der Waals surface area contributed by atoms with Crippen molar-refractivity contribution in [1.29, 1.82) is 10.5 Å². The van der Waals surface area contributed by atoms with Crippen LogP contribution in [0.1, 0.15) is 17.2 Å². The van der Waals surface area contributed by atoms with Crippen molar-refractivity contribution in [2.24, 2.45) is 0 Å². The van der Waals surface area contributed by atoms with Gasteiger partial charge in [-0.25, -0.2) is 14.4 Å². The molecule has 2 rings (SSSR count). The summed E-state index contributed by atoms with van der Waals surface area (Å²) in [5, 5.41) is 21.5. The minimum absolute atomic E-state index is 0.288. The molecule has 0 saturated carbocycles. The lowest BCUT2D eigenvalue weighted by Gasteiger charge is -2.09. The van der Waals surface area contributed by atoms with Crippen molar-refractivity contribution in [3.63, 3.8) is 0 Å². The molecule has 0 fully saturated rings. The van der Waals surface area contributed by atoms with Gasteiger partial charge < -0.3 is 5.32 Å². The molecule has 1 N–H and O–H groups in total. The maximum atomic E-state index is 12.9. The van der Waals surface area contributed by atoms with Crippen LogP contribution in [0.4, 0.5) is 10.2 Å². The molecule has 0 spiro atoms. The Bertz CT molecular complexity index is 719. The molecule has 0 bridgehead atoms. The molecular formula is C15H12FN5S. The van der Waals surface area contributed by atoms with E-state index in [0.717, 1.165) is 5.56 Å². The Kier molecular flexibility index (Phi) is 5.29. The second-order valence-electron chi connectivity index (χ2n) is 4.34. The average molecular weight is 313 g/mol. The van der Waals surface area contributed by atoms with Crippen molar-refractivity contribution in [3.05, 3.63) is 47.4 Å². The van der Waals surface area contributed by atoms with Crippen molar-refractivity contribution < 1.29 is 4.39 Å². The predicted molar refractivity (Wildman–Crippen MR) is 81.5 cm³/mol. The smallest absolute Gasteiger partial charge is 0.189 e. The lowest BCUT2D eigenvalue weighted by molar-refractivity contribution is 0.627. The van der Waals surface area contributed by atoms with Crippen LogP contribution >= 0.6 is 11.8 Å². The summed E-state index contributed by atoms with van der Waals surface area (Å²) in [4.78, 5) is 8.46. The summed E-state index contributed by atoms with van der Waals surface area (Å²) in [6.07, 6.45) is 1.82. The number of nitrogens with one attached hydrogen (secondary N) is 1. The van der Waals surface area contributed by atoms with E-state index < -0.39 is 5.92 Å². The van der Waals surface area contributed by atoms with Gasteiger partial charge in [0.25, 0.3) is 0 Å². The first-order chi connectivity index (χ1) is 10.7. The Morgan fingerprint density at radius 2 is 1.91 bits per heavy atom. The van der Waals surface area contributed by atoms with Gasteiger partial charge in [-0.05, 0) is 24.0 Å². The number of halogens is 1. The van der Waals surface area contributed by atoms with Crippen LogP contribution in [0.15, 0.2) is 35.5 Å². The summed E-state index contributed by atoms with van der Waals surface area (Å²) in [6.45, 7) is 0.453. The number of rotatable bonds is 5. The number of aromatic nitrogens is 2. The van der Waals surface area contributed by atoms with Gasteiger partial charge in [0.1, 0.15) is 11.6 Å². The maximum absolute atomic E-state index is 12.9. The Labute approximate surface area is 131 Å². The third kappa shape index (κ3) is 3.94. The van der Waals surface area contributed by atoms with E-state index in [1.54, 1.807) is 18.2 Å². The second-order valence-corrected chi connectivity index (χ2v) is 5.11. The predicted octanol–water partition coefficient (Wildman–Crippen LogP) is 3.08. The normalized spacial score (nSPS) is 10.0. The van der Waals surface area contributed by atoms with Crippen LogP contribution in [0.2, 0.25) is 0 Å². The van der Waals surface area contributed by atoms with Crippen LogP contribution < -0.4 is 5.32 Å². The fourth-order valence-corrected chi connectivity index (χ4v) is 2.12. The lowest BCUT2D eigenvalue weighted by atomic mass is 10.1. The molecule has 110 valence electrons. The number of nitriles is 2. The summed E-state index contributed by atoms with van der Waals surface area (Å²) in [6, 6.07) is 11.5. The molecule has 5 nitrogen and oxygen atoms in total. The zero-order valence-corrected chi connectivity index (χ0v) is 12.6. The number of benzene rings is 1. The number of thioether (sulfide) groups is 1. The molecule has 0 saturated heterocycles.